The maximum atomic E-state index is 11.5. The molecule has 4 nitrogen and oxygen atoms in total. The standard InChI is InChI=1S/C18H16ClN3OS/c1-2-17(23)20-21-18-22(15-6-4-3-5-7-15)16(12-24-18)13-8-10-14(19)11-9-13/h3-12H,2H2,1H3,(H,20,23)/b21-18+. The van der Waals surface area contributed by atoms with Crippen molar-refractivity contribution in [2.75, 3.05) is 0 Å². The summed E-state index contributed by atoms with van der Waals surface area (Å²) in [6, 6.07) is 17.6. The Morgan fingerprint density at radius 3 is 2.54 bits per heavy atom. The molecule has 0 atom stereocenters. The normalized spacial score (nSPS) is 11.5. The highest BCUT2D eigenvalue weighted by Crippen LogP contribution is 2.24. The Hall–Kier alpha value is -2.37. The van der Waals surface area contributed by atoms with Gasteiger partial charge in [0, 0.05) is 22.5 Å². The zero-order valence-electron chi connectivity index (χ0n) is 13.1. The lowest BCUT2D eigenvalue weighted by Crippen LogP contribution is -2.23. The lowest BCUT2D eigenvalue weighted by Gasteiger charge is -2.09. The molecule has 6 heteroatoms. The van der Waals surface area contributed by atoms with Crippen molar-refractivity contribution in [1.82, 2.24) is 9.99 Å². The van der Waals surface area contributed by atoms with Crippen LogP contribution in [0.5, 0.6) is 0 Å². The van der Waals surface area contributed by atoms with Crippen molar-refractivity contribution in [3.05, 3.63) is 69.8 Å². The quantitative estimate of drug-likeness (QED) is 0.699. The zero-order valence-corrected chi connectivity index (χ0v) is 14.6. The third kappa shape index (κ3) is 3.58. The fourth-order valence-corrected chi connectivity index (χ4v) is 3.22. The molecule has 0 spiro atoms. The number of hydrogen-bond donors (Lipinski definition) is 1. The molecule has 24 heavy (non-hydrogen) atoms. The summed E-state index contributed by atoms with van der Waals surface area (Å²) in [7, 11) is 0. The third-order valence-corrected chi connectivity index (χ3v) is 4.54. The summed E-state index contributed by atoms with van der Waals surface area (Å²) >= 11 is 7.46. The van der Waals surface area contributed by atoms with E-state index >= 15 is 0 Å². The minimum atomic E-state index is -0.115. The van der Waals surface area contributed by atoms with E-state index in [0.717, 1.165) is 16.9 Å². The molecule has 0 aliphatic rings. The summed E-state index contributed by atoms with van der Waals surface area (Å²) in [5.41, 5.74) is 5.59. The number of nitrogens with zero attached hydrogens (tertiary/aromatic N) is 2. The molecular formula is C18H16ClN3OS. The molecule has 0 aliphatic carbocycles. The van der Waals surface area contributed by atoms with Crippen molar-refractivity contribution in [2.45, 2.75) is 13.3 Å². The Bertz CT molecular complexity index is 898. The smallest absolute Gasteiger partial charge is 0.239 e. The van der Waals surface area contributed by atoms with Crippen molar-refractivity contribution in [2.24, 2.45) is 5.10 Å². The zero-order chi connectivity index (χ0) is 16.9. The van der Waals surface area contributed by atoms with E-state index in [1.165, 1.54) is 11.3 Å². The average molecular weight is 358 g/mol. The summed E-state index contributed by atoms with van der Waals surface area (Å²) in [6.07, 6.45) is 0.393. The minimum absolute atomic E-state index is 0.115. The number of amides is 1. The van der Waals surface area contributed by atoms with Crippen molar-refractivity contribution >= 4 is 28.8 Å². The number of nitrogens with one attached hydrogen (secondary N) is 1. The topological polar surface area (TPSA) is 46.4 Å². The Morgan fingerprint density at radius 1 is 1.17 bits per heavy atom. The van der Waals surface area contributed by atoms with E-state index in [2.05, 4.69) is 10.5 Å². The Morgan fingerprint density at radius 2 is 1.88 bits per heavy atom. The van der Waals surface area contributed by atoms with Gasteiger partial charge in [-0.3, -0.25) is 9.36 Å². The highest BCUT2D eigenvalue weighted by atomic mass is 35.5. The maximum Gasteiger partial charge on any atom is 0.239 e. The van der Waals surface area contributed by atoms with E-state index in [4.69, 9.17) is 11.6 Å². The fraction of sp³-hybridized carbons (Fsp3) is 0.111. The van der Waals surface area contributed by atoms with Crippen molar-refractivity contribution in [3.63, 3.8) is 0 Å². The van der Waals surface area contributed by atoms with Gasteiger partial charge in [0.05, 0.1) is 5.69 Å². The van der Waals surface area contributed by atoms with Crippen LogP contribution in [0, 0.1) is 0 Å². The largest absolute Gasteiger partial charge is 0.284 e. The van der Waals surface area contributed by atoms with E-state index < -0.39 is 0 Å². The van der Waals surface area contributed by atoms with Crippen LogP contribution in [0.1, 0.15) is 13.3 Å². The van der Waals surface area contributed by atoms with Crippen molar-refractivity contribution < 1.29 is 4.79 Å². The lowest BCUT2D eigenvalue weighted by molar-refractivity contribution is -0.120. The van der Waals surface area contributed by atoms with E-state index in [1.54, 1.807) is 6.92 Å². The van der Waals surface area contributed by atoms with Crippen LogP contribution < -0.4 is 10.2 Å². The molecule has 3 aromatic rings. The van der Waals surface area contributed by atoms with Gasteiger partial charge in [0.15, 0.2) is 0 Å². The molecule has 0 aliphatic heterocycles. The molecule has 0 saturated heterocycles. The SMILES string of the molecule is CCC(=O)N/N=c1/scc(-c2ccc(Cl)cc2)n1-c1ccccc1. The molecule has 0 unspecified atom stereocenters. The van der Waals surface area contributed by atoms with Crippen LogP contribution in [0.15, 0.2) is 65.1 Å². The van der Waals surface area contributed by atoms with Crippen LogP contribution in [0.25, 0.3) is 16.9 Å². The Labute approximate surface area is 149 Å². The summed E-state index contributed by atoms with van der Waals surface area (Å²) in [5.74, 6) is -0.115. The first kappa shape index (κ1) is 16.5. The van der Waals surface area contributed by atoms with Gasteiger partial charge in [-0.1, -0.05) is 48.9 Å². The molecular weight excluding hydrogens is 342 g/mol. The predicted octanol–water partition coefficient (Wildman–Crippen LogP) is 4.20. The second-order valence-electron chi connectivity index (χ2n) is 5.08. The van der Waals surface area contributed by atoms with Gasteiger partial charge in [-0.15, -0.1) is 16.4 Å². The Kier molecular flexibility index (Phi) is 5.13. The summed E-state index contributed by atoms with van der Waals surface area (Å²) in [4.78, 5) is 12.2. The molecule has 2 aromatic carbocycles. The van der Waals surface area contributed by atoms with Crippen LogP contribution in [0.4, 0.5) is 0 Å². The summed E-state index contributed by atoms with van der Waals surface area (Å²) in [5, 5.41) is 6.99. The maximum absolute atomic E-state index is 11.5. The molecule has 3 rings (SSSR count). The van der Waals surface area contributed by atoms with Crippen molar-refractivity contribution in [1.29, 1.82) is 0 Å². The molecule has 0 bridgehead atoms. The molecule has 122 valence electrons. The highest BCUT2D eigenvalue weighted by molar-refractivity contribution is 7.07. The van der Waals surface area contributed by atoms with Gasteiger partial charge in [-0.25, -0.2) is 5.43 Å². The molecule has 1 aromatic heterocycles. The number of carbonyl (C=O) groups excluding carboxylic acids is 1. The van der Waals surface area contributed by atoms with Crippen LogP contribution in [0.2, 0.25) is 5.02 Å². The first-order valence-electron chi connectivity index (χ1n) is 7.53. The van der Waals surface area contributed by atoms with Crippen LogP contribution in [-0.4, -0.2) is 10.5 Å². The summed E-state index contributed by atoms with van der Waals surface area (Å²) in [6.45, 7) is 1.80. The Balaban J connectivity index is 2.15. The number of halogens is 1. The number of thiazole rings is 1. The molecule has 0 radical (unpaired) electrons. The average Bonchev–Trinajstić information content (AvgIpc) is 3.05. The fourth-order valence-electron chi connectivity index (χ4n) is 2.23. The predicted molar refractivity (Wildman–Crippen MR) is 98.1 cm³/mol. The number of benzene rings is 2. The van der Waals surface area contributed by atoms with E-state index in [1.807, 2.05) is 64.5 Å². The van der Waals surface area contributed by atoms with Crippen LogP contribution in [-0.2, 0) is 4.79 Å². The lowest BCUT2D eigenvalue weighted by atomic mass is 10.1. The van der Waals surface area contributed by atoms with Gasteiger partial charge in [0.25, 0.3) is 0 Å². The van der Waals surface area contributed by atoms with Crippen molar-refractivity contribution in [3.8, 4) is 16.9 Å². The van der Waals surface area contributed by atoms with Gasteiger partial charge < -0.3 is 0 Å². The second kappa shape index (κ2) is 7.47. The van der Waals surface area contributed by atoms with E-state index in [-0.39, 0.29) is 5.91 Å². The van der Waals surface area contributed by atoms with E-state index in [9.17, 15) is 4.79 Å². The van der Waals surface area contributed by atoms with Crippen LogP contribution >= 0.6 is 22.9 Å². The molecule has 1 N–H and O–H groups in total. The number of para-hydroxylation sites is 1. The first-order valence-corrected chi connectivity index (χ1v) is 8.79. The number of aromatic nitrogens is 1. The van der Waals surface area contributed by atoms with Gasteiger partial charge >= 0.3 is 0 Å². The van der Waals surface area contributed by atoms with Gasteiger partial charge in [-0.05, 0) is 29.8 Å². The molecule has 1 heterocycles. The second-order valence-corrected chi connectivity index (χ2v) is 6.35. The third-order valence-electron chi connectivity index (χ3n) is 3.46. The van der Waals surface area contributed by atoms with Gasteiger partial charge in [0.2, 0.25) is 10.7 Å². The number of rotatable bonds is 4. The summed E-state index contributed by atoms with van der Waals surface area (Å²) < 4.78 is 2.02. The van der Waals surface area contributed by atoms with Gasteiger partial charge in [0.1, 0.15) is 0 Å². The van der Waals surface area contributed by atoms with Gasteiger partial charge in [-0.2, -0.15) is 0 Å². The molecule has 1 amide bonds. The number of hydrogen-bond acceptors (Lipinski definition) is 3. The van der Waals surface area contributed by atoms with Crippen LogP contribution in [0.3, 0.4) is 0 Å². The molecule has 0 fully saturated rings. The minimum Gasteiger partial charge on any atom is -0.284 e. The number of carbonyl (C=O) groups is 1. The first-order chi connectivity index (χ1) is 11.7. The molecule has 0 saturated carbocycles. The highest BCUT2D eigenvalue weighted by Gasteiger charge is 2.10. The monoisotopic (exact) mass is 357 g/mol. The van der Waals surface area contributed by atoms with E-state index in [0.29, 0.717) is 16.2 Å².